The van der Waals surface area contributed by atoms with Gasteiger partial charge in [0.05, 0.1) is 11.4 Å². The molecule has 0 radical (unpaired) electrons. The molecule has 0 bridgehead atoms. The van der Waals surface area contributed by atoms with Crippen molar-refractivity contribution in [3.63, 3.8) is 0 Å². The number of nitrogen functional groups attached to an aromatic ring is 1. The summed E-state index contributed by atoms with van der Waals surface area (Å²) in [5.74, 6) is -0.230. The maximum absolute atomic E-state index is 14.1. The van der Waals surface area contributed by atoms with E-state index in [1.54, 1.807) is 28.4 Å². The summed E-state index contributed by atoms with van der Waals surface area (Å²) in [6.07, 6.45) is 0.733. The molecular formula is C13H13ClFN5. The first-order chi connectivity index (χ1) is 9.52. The number of nitrogens with zero attached hydrogens (tertiary/aromatic N) is 4. The molecule has 1 aromatic carbocycles. The summed E-state index contributed by atoms with van der Waals surface area (Å²) in [7, 11) is 1.78. The minimum absolute atomic E-state index is 0.226. The molecule has 0 fully saturated rings. The molecule has 3 rings (SSSR count). The Labute approximate surface area is 119 Å². The molecule has 0 saturated heterocycles. The topological polar surface area (TPSA) is 61.7 Å². The third kappa shape index (κ3) is 1.76. The van der Waals surface area contributed by atoms with Crippen molar-refractivity contribution >= 4 is 28.7 Å². The number of anilines is 1. The number of hydrogen-bond donors (Lipinski definition) is 1. The van der Waals surface area contributed by atoms with Crippen molar-refractivity contribution in [2.24, 2.45) is 7.05 Å². The van der Waals surface area contributed by atoms with Crippen LogP contribution in [0.4, 0.5) is 10.3 Å². The fraction of sp³-hybridized carbons (Fsp3) is 0.231. The lowest BCUT2D eigenvalue weighted by molar-refractivity contribution is 0.618. The molecule has 0 spiro atoms. The minimum Gasteiger partial charge on any atom is -0.369 e. The van der Waals surface area contributed by atoms with Gasteiger partial charge >= 0.3 is 0 Å². The van der Waals surface area contributed by atoms with Crippen LogP contribution >= 0.6 is 11.6 Å². The molecule has 0 unspecified atom stereocenters. The van der Waals surface area contributed by atoms with Gasteiger partial charge in [0.1, 0.15) is 11.3 Å². The summed E-state index contributed by atoms with van der Waals surface area (Å²) >= 11 is 5.78. The van der Waals surface area contributed by atoms with Gasteiger partial charge in [-0.2, -0.15) is 5.10 Å². The third-order valence-electron chi connectivity index (χ3n) is 3.22. The molecular weight excluding hydrogens is 281 g/mol. The predicted octanol–water partition coefficient (Wildman–Crippen LogP) is 2.70. The first kappa shape index (κ1) is 12.9. The summed E-state index contributed by atoms with van der Waals surface area (Å²) in [4.78, 5) is 4.30. The van der Waals surface area contributed by atoms with Gasteiger partial charge in [-0.3, -0.25) is 4.57 Å². The molecule has 0 saturated carbocycles. The summed E-state index contributed by atoms with van der Waals surface area (Å²) < 4.78 is 17.3. The van der Waals surface area contributed by atoms with Crippen LogP contribution < -0.4 is 5.73 Å². The quantitative estimate of drug-likeness (QED) is 0.790. The zero-order chi connectivity index (χ0) is 14.4. The fourth-order valence-corrected chi connectivity index (χ4v) is 2.49. The summed E-state index contributed by atoms with van der Waals surface area (Å²) in [5.41, 5.74) is 8.44. The second-order valence-corrected chi connectivity index (χ2v) is 4.93. The highest BCUT2D eigenvalue weighted by atomic mass is 35.5. The fourth-order valence-electron chi connectivity index (χ4n) is 2.33. The number of aromatic nitrogens is 4. The van der Waals surface area contributed by atoms with Gasteiger partial charge in [-0.1, -0.05) is 18.5 Å². The molecule has 20 heavy (non-hydrogen) atoms. The van der Waals surface area contributed by atoms with Crippen molar-refractivity contribution in [2.75, 3.05) is 5.73 Å². The van der Waals surface area contributed by atoms with E-state index < -0.39 is 5.82 Å². The van der Waals surface area contributed by atoms with Gasteiger partial charge in [0.25, 0.3) is 0 Å². The third-order valence-corrected chi connectivity index (χ3v) is 3.45. The Kier molecular flexibility index (Phi) is 2.90. The van der Waals surface area contributed by atoms with E-state index in [1.807, 2.05) is 6.92 Å². The summed E-state index contributed by atoms with van der Waals surface area (Å²) in [5, 5.41) is 4.71. The predicted molar refractivity (Wildman–Crippen MR) is 76.6 cm³/mol. The number of hydrogen-bond acceptors (Lipinski definition) is 3. The molecule has 2 heterocycles. The lowest BCUT2D eigenvalue weighted by atomic mass is 10.3. The molecule has 5 nitrogen and oxygen atoms in total. The first-order valence-corrected chi connectivity index (χ1v) is 6.56. The molecule has 0 aliphatic carbocycles. The van der Waals surface area contributed by atoms with Crippen LogP contribution in [0.1, 0.15) is 12.6 Å². The van der Waals surface area contributed by atoms with Crippen molar-refractivity contribution < 1.29 is 4.39 Å². The average molecular weight is 294 g/mol. The van der Waals surface area contributed by atoms with Gasteiger partial charge in [0, 0.05) is 12.1 Å². The number of imidazole rings is 1. The smallest absolute Gasteiger partial charge is 0.207 e. The van der Waals surface area contributed by atoms with Crippen molar-refractivity contribution in [1.29, 1.82) is 0 Å². The molecule has 0 aliphatic heterocycles. The van der Waals surface area contributed by atoms with E-state index in [0.29, 0.717) is 21.9 Å². The van der Waals surface area contributed by atoms with Crippen LogP contribution in [0.25, 0.3) is 16.9 Å². The Bertz CT molecular complexity index is 805. The van der Waals surface area contributed by atoms with Crippen LogP contribution in [-0.2, 0) is 13.5 Å². The van der Waals surface area contributed by atoms with Gasteiger partial charge in [-0.05, 0) is 24.6 Å². The van der Waals surface area contributed by atoms with E-state index in [2.05, 4.69) is 10.1 Å². The lowest BCUT2D eigenvalue weighted by Gasteiger charge is -2.08. The molecule has 2 aromatic heterocycles. The number of benzene rings is 1. The van der Waals surface area contributed by atoms with Gasteiger partial charge in [-0.15, -0.1) is 0 Å². The highest BCUT2D eigenvalue weighted by Crippen LogP contribution is 2.27. The first-order valence-electron chi connectivity index (χ1n) is 6.18. The number of halogens is 2. The second kappa shape index (κ2) is 4.49. The lowest BCUT2D eigenvalue weighted by Crippen LogP contribution is -2.06. The van der Waals surface area contributed by atoms with E-state index in [9.17, 15) is 4.39 Å². The second-order valence-electron chi connectivity index (χ2n) is 4.50. The molecule has 0 atom stereocenters. The van der Waals surface area contributed by atoms with Crippen LogP contribution in [-0.4, -0.2) is 19.3 Å². The van der Waals surface area contributed by atoms with Gasteiger partial charge in [0.2, 0.25) is 5.95 Å². The molecule has 0 amide bonds. The SMILES string of the molecule is CCc1nn(C)c2c1nc(N)n2-c1ccc(Cl)cc1F. The molecule has 0 aliphatic rings. The van der Waals surface area contributed by atoms with E-state index in [-0.39, 0.29) is 5.95 Å². The van der Waals surface area contributed by atoms with Crippen molar-refractivity contribution in [3.8, 4) is 5.69 Å². The Morgan fingerprint density at radius 3 is 2.80 bits per heavy atom. The van der Waals surface area contributed by atoms with Gasteiger partial charge in [0.15, 0.2) is 5.65 Å². The maximum atomic E-state index is 14.1. The number of rotatable bonds is 2. The van der Waals surface area contributed by atoms with Crippen LogP contribution in [0.2, 0.25) is 5.02 Å². The Morgan fingerprint density at radius 1 is 1.40 bits per heavy atom. The normalized spacial score (nSPS) is 11.4. The van der Waals surface area contributed by atoms with Crippen molar-refractivity contribution in [2.45, 2.75) is 13.3 Å². The maximum Gasteiger partial charge on any atom is 0.207 e. The molecule has 3 aromatic rings. The van der Waals surface area contributed by atoms with E-state index in [1.165, 1.54) is 6.07 Å². The zero-order valence-electron chi connectivity index (χ0n) is 11.1. The van der Waals surface area contributed by atoms with Gasteiger partial charge < -0.3 is 5.73 Å². The van der Waals surface area contributed by atoms with Crippen molar-refractivity contribution in [3.05, 3.63) is 34.7 Å². The molecule has 7 heteroatoms. The summed E-state index contributed by atoms with van der Waals surface area (Å²) in [6, 6.07) is 4.44. The standard InChI is InChI=1S/C13H13ClFN5/c1-3-9-11-12(19(2)18-9)20(13(16)17-11)10-5-4-7(14)6-8(10)15/h4-6H,3H2,1-2H3,(H2,16,17). The number of nitrogens with two attached hydrogens (primary N) is 1. The van der Waals surface area contributed by atoms with Gasteiger partial charge in [-0.25, -0.2) is 14.1 Å². The van der Waals surface area contributed by atoms with E-state index in [0.717, 1.165) is 12.1 Å². The Morgan fingerprint density at radius 2 is 2.15 bits per heavy atom. The average Bonchev–Trinajstić information content (AvgIpc) is 2.87. The van der Waals surface area contributed by atoms with Crippen LogP contribution in [0.15, 0.2) is 18.2 Å². The Balaban J connectivity index is 2.36. The highest BCUT2D eigenvalue weighted by Gasteiger charge is 2.20. The molecule has 2 N–H and O–H groups in total. The zero-order valence-corrected chi connectivity index (χ0v) is 11.8. The van der Waals surface area contributed by atoms with E-state index in [4.69, 9.17) is 17.3 Å². The van der Waals surface area contributed by atoms with E-state index >= 15 is 0 Å². The van der Waals surface area contributed by atoms with Crippen molar-refractivity contribution in [1.82, 2.24) is 19.3 Å². The molecule has 104 valence electrons. The highest BCUT2D eigenvalue weighted by molar-refractivity contribution is 6.30. The Hall–Kier alpha value is -2.08. The van der Waals surface area contributed by atoms with Crippen LogP contribution in [0.3, 0.4) is 0 Å². The summed E-state index contributed by atoms with van der Waals surface area (Å²) in [6.45, 7) is 1.99. The largest absolute Gasteiger partial charge is 0.369 e. The van der Waals surface area contributed by atoms with Crippen LogP contribution in [0.5, 0.6) is 0 Å². The number of fused-ring (bicyclic) bond motifs is 1. The minimum atomic E-state index is -0.456. The van der Waals surface area contributed by atoms with Crippen LogP contribution in [0, 0.1) is 5.82 Å². The monoisotopic (exact) mass is 293 g/mol. The number of aryl methyl sites for hydroxylation is 2.